The van der Waals surface area contributed by atoms with Gasteiger partial charge in [-0.3, -0.25) is 19.4 Å². The van der Waals surface area contributed by atoms with E-state index in [1.807, 2.05) is 48.8 Å². The van der Waals surface area contributed by atoms with Crippen LogP contribution in [0.1, 0.15) is 82.8 Å². The number of esters is 1. The summed E-state index contributed by atoms with van der Waals surface area (Å²) in [6.07, 6.45) is 15.7. The van der Waals surface area contributed by atoms with Gasteiger partial charge < -0.3 is 22.2 Å². The third-order valence-corrected chi connectivity index (χ3v) is 11.3. The van der Waals surface area contributed by atoms with Crippen LogP contribution >= 0.6 is 0 Å². The molecule has 2 fully saturated rings. The van der Waals surface area contributed by atoms with Gasteiger partial charge in [0.25, 0.3) is 0 Å². The lowest BCUT2D eigenvalue weighted by Crippen LogP contribution is -2.50. The summed E-state index contributed by atoms with van der Waals surface area (Å²) in [5.41, 5.74) is 5.36. The third-order valence-electron chi connectivity index (χ3n) is 11.3. The maximum Gasteiger partial charge on any atom is 0.323 e. The first-order valence-corrected chi connectivity index (χ1v) is 16.2. The lowest BCUT2D eigenvalue weighted by Gasteiger charge is -2.57. The van der Waals surface area contributed by atoms with Crippen molar-refractivity contribution >= 4 is 23.4 Å². The van der Waals surface area contributed by atoms with Gasteiger partial charge in [-0.2, -0.15) is 0 Å². The van der Waals surface area contributed by atoms with Crippen molar-refractivity contribution in [1.29, 1.82) is 0 Å². The van der Waals surface area contributed by atoms with Crippen LogP contribution in [0, 0.1) is 36.0 Å². The number of benzene rings is 1. The number of hydrogen-bond donors (Lipinski definition) is 1. The largest absolute Gasteiger partial charge is 0.480 e. The fraction of sp³-hybridized carbons (Fsp3) is 0.500. The van der Waals surface area contributed by atoms with Crippen LogP contribution in [0.2, 0.25) is 0 Å². The van der Waals surface area contributed by atoms with Gasteiger partial charge in [0.15, 0.2) is 0 Å². The van der Waals surface area contributed by atoms with Gasteiger partial charge in [-0.05, 0) is 89.9 Å². The van der Waals surface area contributed by atoms with E-state index >= 15 is 0 Å². The molecule has 1 aromatic carbocycles. The zero-order valence-corrected chi connectivity index (χ0v) is 26.9. The fourth-order valence-electron chi connectivity index (χ4n) is 9.08. The average Bonchev–Trinajstić information content (AvgIpc) is 3.37. The van der Waals surface area contributed by atoms with Crippen LogP contribution in [0.15, 0.2) is 72.6 Å². The Bertz CT molecular complexity index is 1450. The second kappa shape index (κ2) is 13.3. The van der Waals surface area contributed by atoms with Gasteiger partial charge in [-0.25, -0.2) is 0 Å². The lowest BCUT2D eigenvalue weighted by atomic mass is 9.47. The quantitative estimate of drug-likeness (QED) is 0.182. The van der Waals surface area contributed by atoms with Crippen LogP contribution in [0.3, 0.4) is 0 Å². The molecule has 1 aromatic heterocycles. The summed E-state index contributed by atoms with van der Waals surface area (Å²) in [5, 5.41) is 9.31. The van der Waals surface area contributed by atoms with Crippen LogP contribution < -0.4 is 0 Å². The van der Waals surface area contributed by atoms with E-state index in [-0.39, 0.29) is 55.6 Å². The first kappa shape index (κ1) is 32.6. The summed E-state index contributed by atoms with van der Waals surface area (Å²) in [6, 6.07) is 13.5. The van der Waals surface area contributed by atoms with Gasteiger partial charge in [-0.15, -0.1) is 0 Å². The molecule has 240 valence electrons. The number of fused-ring (bicyclic) bond motifs is 5. The van der Waals surface area contributed by atoms with Gasteiger partial charge >= 0.3 is 11.9 Å². The Hall–Kier alpha value is -3.74. The van der Waals surface area contributed by atoms with Crippen LogP contribution in [-0.4, -0.2) is 45.5 Å². The van der Waals surface area contributed by atoms with E-state index in [4.69, 9.17) is 4.74 Å². The van der Waals surface area contributed by atoms with Crippen molar-refractivity contribution in [3.8, 4) is 0 Å². The molecular weight excluding hydrogens is 564 g/mol. The van der Waals surface area contributed by atoms with Gasteiger partial charge in [0, 0.05) is 31.8 Å². The molecule has 0 unspecified atom stereocenters. The van der Waals surface area contributed by atoms with E-state index < -0.39 is 12.5 Å². The molecule has 6 atom stereocenters. The molecule has 0 spiro atoms. The highest BCUT2D eigenvalue weighted by atomic mass is 16.5. The first-order chi connectivity index (χ1) is 21.2. The number of carbonyl (C=O) groups excluding carboxylic acids is 2. The van der Waals surface area contributed by atoms with Crippen molar-refractivity contribution in [3.05, 3.63) is 91.1 Å². The Morgan fingerprint density at radius 2 is 1.73 bits per heavy atom. The second-order valence-electron chi connectivity index (χ2n) is 13.8. The van der Waals surface area contributed by atoms with Gasteiger partial charge in [0.05, 0.1) is 6.42 Å². The zero-order valence-electron chi connectivity index (χ0n) is 26.9. The number of amides is 1. The Labute approximate surface area is 267 Å². The normalized spacial score (nSPS) is 29.9. The SMILES string of the molecule is C[C@]12CC[C@H](OC(=O)CCC(=O)N(CC(=O)O)Cc3ccccc3)CC1=CC[C@@H]1[C@@H]2CC[C@]2(C)C(c3cccnc3)=CC[C@@H]12.[CH3-]. The summed E-state index contributed by atoms with van der Waals surface area (Å²) in [5.74, 6) is 0.115. The topological polar surface area (TPSA) is 96.8 Å². The van der Waals surface area contributed by atoms with Crippen molar-refractivity contribution in [2.24, 2.45) is 28.6 Å². The van der Waals surface area contributed by atoms with E-state index in [0.717, 1.165) is 37.7 Å². The van der Waals surface area contributed by atoms with Crippen LogP contribution in [0.25, 0.3) is 5.57 Å². The predicted octanol–water partition coefficient (Wildman–Crippen LogP) is 7.29. The number of pyridine rings is 1. The Morgan fingerprint density at radius 1 is 0.956 bits per heavy atom. The third kappa shape index (κ3) is 6.49. The summed E-state index contributed by atoms with van der Waals surface area (Å²) >= 11 is 0. The zero-order chi connectivity index (χ0) is 30.9. The molecule has 1 amide bonds. The van der Waals surface area contributed by atoms with Crippen molar-refractivity contribution in [2.45, 2.75) is 84.3 Å². The number of carboxylic acid groups (broad SMARTS) is 1. The van der Waals surface area contributed by atoms with Gasteiger partial charge in [-0.1, -0.05) is 68.0 Å². The molecule has 4 aliphatic carbocycles. The molecule has 0 aliphatic heterocycles. The lowest BCUT2D eigenvalue weighted by molar-refractivity contribution is -0.153. The number of rotatable bonds is 9. The first-order valence-electron chi connectivity index (χ1n) is 16.2. The minimum absolute atomic E-state index is 0. The molecule has 7 heteroatoms. The summed E-state index contributed by atoms with van der Waals surface area (Å²) in [7, 11) is 0. The van der Waals surface area contributed by atoms with Crippen molar-refractivity contribution < 1.29 is 24.2 Å². The molecule has 0 bridgehead atoms. The highest BCUT2D eigenvalue weighted by Gasteiger charge is 2.57. The number of allylic oxidation sites excluding steroid dienone is 3. The molecule has 7 nitrogen and oxygen atoms in total. The molecule has 6 rings (SSSR count). The molecule has 45 heavy (non-hydrogen) atoms. The number of ether oxygens (including phenoxy) is 1. The van der Waals surface area contributed by atoms with Crippen LogP contribution in [0.5, 0.6) is 0 Å². The number of nitrogens with zero attached hydrogens (tertiary/aromatic N) is 2. The molecule has 2 saturated carbocycles. The average molecular weight is 612 g/mol. The molecule has 0 radical (unpaired) electrons. The van der Waals surface area contributed by atoms with Crippen LogP contribution in [0.4, 0.5) is 0 Å². The summed E-state index contributed by atoms with van der Waals surface area (Å²) < 4.78 is 5.92. The molecule has 1 N–H and O–H groups in total. The second-order valence-corrected chi connectivity index (χ2v) is 13.8. The van der Waals surface area contributed by atoms with Crippen LogP contribution in [-0.2, 0) is 25.7 Å². The molecular formula is C38H47N2O5-. The van der Waals surface area contributed by atoms with Gasteiger partial charge in [0.1, 0.15) is 12.6 Å². The molecule has 4 aliphatic rings. The Balaban J connectivity index is 0.00000400. The highest BCUT2D eigenvalue weighted by Crippen LogP contribution is 2.66. The standard InChI is InChI=1S/C37H44N2O5.CH3/c1-36-18-16-28(44-35(43)15-14-33(40)39(24-34(41)42)23-25-7-4-3-5-8-25)21-27(36)10-11-29-31-13-12-30(26-9-6-20-38-22-26)37(31,2)19-17-32(29)36;/h3-10,12,20,22,28-29,31-32H,11,13-19,21,23-24H2,1-2H3,(H,41,42);1H3/q;-1/t28-,29-,31-,32-,36-,37+;/m0./s1. The monoisotopic (exact) mass is 611 g/mol. The van der Waals surface area contributed by atoms with Gasteiger partial charge in [0.2, 0.25) is 5.91 Å². The summed E-state index contributed by atoms with van der Waals surface area (Å²) in [6.45, 7) is 4.72. The Kier molecular flexibility index (Phi) is 9.66. The van der Waals surface area contributed by atoms with E-state index in [0.29, 0.717) is 17.8 Å². The maximum atomic E-state index is 12.9. The number of aromatic nitrogens is 1. The van der Waals surface area contributed by atoms with E-state index in [9.17, 15) is 19.5 Å². The maximum absolute atomic E-state index is 12.9. The number of aliphatic carboxylic acids is 1. The minimum atomic E-state index is -1.08. The summed E-state index contributed by atoms with van der Waals surface area (Å²) in [4.78, 5) is 42.8. The minimum Gasteiger partial charge on any atom is -0.480 e. The number of hydrogen-bond acceptors (Lipinski definition) is 5. The smallest absolute Gasteiger partial charge is 0.323 e. The molecule has 2 aromatic rings. The Morgan fingerprint density at radius 3 is 2.47 bits per heavy atom. The number of carboxylic acids is 1. The highest BCUT2D eigenvalue weighted by molar-refractivity contribution is 5.84. The molecule has 1 heterocycles. The van der Waals surface area contributed by atoms with Crippen molar-refractivity contribution in [2.75, 3.05) is 6.54 Å². The van der Waals surface area contributed by atoms with E-state index in [2.05, 4.69) is 37.0 Å². The molecule has 0 saturated heterocycles. The van der Waals surface area contributed by atoms with Crippen molar-refractivity contribution in [3.63, 3.8) is 0 Å². The number of carbonyl (C=O) groups is 3. The van der Waals surface area contributed by atoms with E-state index in [1.54, 1.807) is 0 Å². The predicted molar refractivity (Wildman–Crippen MR) is 174 cm³/mol. The van der Waals surface area contributed by atoms with E-state index in [1.165, 1.54) is 34.5 Å². The van der Waals surface area contributed by atoms with Crippen molar-refractivity contribution in [1.82, 2.24) is 9.88 Å². The fourth-order valence-corrected chi connectivity index (χ4v) is 9.08.